The van der Waals surface area contributed by atoms with Crippen LogP contribution in [0.4, 0.5) is 0 Å². The molecule has 0 aromatic carbocycles. The number of nitrogens with zero attached hydrogens (tertiary/aromatic N) is 1. The quantitative estimate of drug-likeness (QED) is 0.474. The van der Waals surface area contributed by atoms with E-state index in [0.29, 0.717) is 0 Å². The molecular formula is C12H27N5O. The number of hydrogen-bond donors (Lipinski definition) is 4. The molecule has 0 aliphatic carbocycles. The van der Waals surface area contributed by atoms with Crippen LogP contribution in [0.5, 0.6) is 0 Å². The maximum Gasteiger partial charge on any atom is 0.101 e. The van der Waals surface area contributed by atoms with Gasteiger partial charge in [-0.25, -0.2) is 0 Å². The Balaban J connectivity index is -0.000000212. The molecule has 0 radical (unpaired) electrons. The molecule has 0 atom stereocenters. The summed E-state index contributed by atoms with van der Waals surface area (Å²) in [7, 11) is 3.54. The molecular weight excluding hydrogens is 230 g/mol. The van der Waals surface area contributed by atoms with Crippen molar-refractivity contribution in [2.75, 3.05) is 14.1 Å². The van der Waals surface area contributed by atoms with Gasteiger partial charge < -0.3 is 21.2 Å². The molecule has 6 nitrogen and oxygen atoms in total. The van der Waals surface area contributed by atoms with Crippen LogP contribution in [0.2, 0.25) is 0 Å². The Bertz CT molecular complexity index is 280. The van der Waals surface area contributed by atoms with Gasteiger partial charge in [0.25, 0.3) is 0 Å². The zero-order chi connectivity index (χ0) is 14.8. The number of aryl methyl sites for hydroxylation is 1. The first kappa shape index (κ1) is 21.5. The lowest BCUT2D eigenvalue weighted by atomic mass is 10.3. The zero-order valence-electron chi connectivity index (χ0n) is 12.0. The Morgan fingerprint density at radius 1 is 1.44 bits per heavy atom. The summed E-state index contributed by atoms with van der Waals surface area (Å²) in [6.45, 7) is 6.83. The van der Waals surface area contributed by atoms with Gasteiger partial charge in [-0.3, -0.25) is 10.4 Å². The minimum Gasteiger partial charge on any atom is -0.469 e. The van der Waals surface area contributed by atoms with Crippen molar-refractivity contribution in [1.29, 1.82) is 5.41 Å². The van der Waals surface area contributed by atoms with Gasteiger partial charge in [-0.15, -0.1) is 0 Å². The lowest BCUT2D eigenvalue weighted by Crippen LogP contribution is -2.03. The van der Waals surface area contributed by atoms with Crippen LogP contribution in [0, 0.1) is 12.3 Å². The van der Waals surface area contributed by atoms with Crippen molar-refractivity contribution in [2.24, 2.45) is 16.5 Å². The van der Waals surface area contributed by atoms with Gasteiger partial charge in [0, 0.05) is 19.2 Å². The highest BCUT2D eigenvalue weighted by Crippen LogP contribution is 2.04. The first-order chi connectivity index (χ1) is 8.65. The summed E-state index contributed by atoms with van der Waals surface area (Å²) in [6.07, 6.45) is 3.77. The number of hydrogen-bond acceptors (Lipinski definition) is 4. The molecule has 0 amide bonds. The van der Waals surface area contributed by atoms with Crippen LogP contribution >= 0.6 is 0 Å². The Kier molecular flexibility index (Phi) is 24.5. The summed E-state index contributed by atoms with van der Waals surface area (Å²) in [6, 6.07) is 2.02. The second kappa shape index (κ2) is 20.6. The monoisotopic (exact) mass is 257 g/mol. The molecule has 6 N–H and O–H groups in total. The molecule has 0 saturated carbocycles. The minimum atomic E-state index is 0.750. The van der Waals surface area contributed by atoms with Gasteiger partial charge in [0.05, 0.1) is 18.9 Å². The van der Waals surface area contributed by atoms with E-state index in [1.54, 1.807) is 13.3 Å². The molecule has 0 saturated heterocycles. The van der Waals surface area contributed by atoms with E-state index in [9.17, 15) is 0 Å². The van der Waals surface area contributed by atoms with Crippen molar-refractivity contribution < 1.29 is 4.42 Å². The van der Waals surface area contributed by atoms with E-state index in [2.05, 4.69) is 16.0 Å². The zero-order valence-corrected chi connectivity index (χ0v) is 12.0. The number of rotatable bonds is 2. The standard InChI is InChI=1S/C7H11NO.C2H6N2.C2H6.CH4N2/c1-6-3-7(4-8-2)5-9-6;1-4-2-3;1-2;2-1-3/h3,5,8H,4H2,1-2H3;2H,1H3,(H2,3,4);1-2H3;1H,(H3,2,3). The molecule has 0 bridgehead atoms. The Labute approximate surface area is 110 Å². The fourth-order valence-corrected chi connectivity index (χ4v) is 0.795. The summed E-state index contributed by atoms with van der Waals surface area (Å²) in [4.78, 5) is 3.39. The number of aliphatic imine (C=N–C) groups is 1. The SMILES string of the molecule is CC.CN=CN.CNCc1coc(C)c1.N=CN. The molecule has 0 aliphatic rings. The third kappa shape index (κ3) is 19.7. The van der Waals surface area contributed by atoms with Crippen LogP contribution in [0.25, 0.3) is 0 Å². The maximum atomic E-state index is 5.86. The predicted molar refractivity (Wildman–Crippen MR) is 79.1 cm³/mol. The van der Waals surface area contributed by atoms with Crippen LogP contribution in [0.3, 0.4) is 0 Å². The van der Waals surface area contributed by atoms with Gasteiger partial charge in [-0.05, 0) is 20.0 Å². The average Bonchev–Trinajstić information content (AvgIpc) is 2.79. The highest BCUT2D eigenvalue weighted by Gasteiger charge is 1.93. The molecule has 0 aliphatic heterocycles. The van der Waals surface area contributed by atoms with Crippen molar-refractivity contribution in [2.45, 2.75) is 27.3 Å². The normalized spacial score (nSPS) is 8.06. The van der Waals surface area contributed by atoms with E-state index in [1.165, 1.54) is 11.9 Å². The third-order valence-corrected chi connectivity index (χ3v) is 1.31. The van der Waals surface area contributed by atoms with Gasteiger partial charge in [-0.2, -0.15) is 0 Å². The summed E-state index contributed by atoms with van der Waals surface area (Å²) >= 11 is 0. The van der Waals surface area contributed by atoms with E-state index >= 15 is 0 Å². The van der Waals surface area contributed by atoms with Gasteiger partial charge in [-0.1, -0.05) is 13.8 Å². The summed E-state index contributed by atoms with van der Waals surface area (Å²) in [5.74, 6) is 0.972. The number of nitrogens with two attached hydrogens (primary N) is 2. The van der Waals surface area contributed by atoms with E-state index in [-0.39, 0.29) is 0 Å². The van der Waals surface area contributed by atoms with Gasteiger partial charge in [0.1, 0.15) is 5.76 Å². The molecule has 1 heterocycles. The van der Waals surface area contributed by atoms with E-state index in [0.717, 1.165) is 18.6 Å². The molecule has 6 heteroatoms. The highest BCUT2D eigenvalue weighted by atomic mass is 16.3. The Morgan fingerprint density at radius 2 is 1.89 bits per heavy atom. The molecule has 0 fully saturated rings. The van der Waals surface area contributed by atoms with E-state index in [1.807, 2.05) is 33.9 Å². The van der Waals surface area contributed by atoms with Crippen molar-refractivity contribution in [3.63, 3.8) is 0 Å². The lowest BCUT2D eigenvalue weighted by Gasteiger charge is -1.88. The smallest absolute Gasteiger partial charge is 0.101 e. The second-order valence-electron chi connectivity index (χ2n) is 2.67. The largest absolute Gasteiger partial charge is 0.469 e. The second-order valence-corrected chi connectivity index (χ2v) is 2.67. The first-order valence-electron chi connectivity index (χ1n) is 5.67. The van der Waals surface area contributed by atoms with Crippen LogP contribution in [-0.2, 0) is 6.54 Å². The fourth-order valence-electron chi connectivity index (χ4n) is 0.795. The van der Waals surface area contributed by atoms with Gasteiger partial charge >= 0.3 is 0 Å². The lowest BCUT2D eigenvalue weighted by molar-refractivity contribution is 0.531. The maximum absolute atomic E-state index is 5.86. The third-order valence-electron chi connectivity index (χ3n) is 1.31. The van der Waals surface area contributed by atoms with E-state index < -0.39 is 0 Å². The molecule has 18 heavy (non-hydrogen) atoms. The number of furan rings is 1. The molecule has 0 unspecified atom stereocenters. The fraction of sp³-hybridized carbons (Fsp3) is 0.500. The van der Waals surface area contributed by atoms with Crippen LogP contribution in [-0.4, -0.2) is 26.8 Å². The first-order valence-corrected chi connectivity index (χ1v) is 5.67. The van der Waals surface area contributed by atoms with Crippen molar-refractivity contribution >= 4 is 12.7 Å². The Morgan fingerprint density at radius 3 is 2.11 bits per heavy atom. The van der Waals surface area contributed by atoms with Crippen molar-refractivity contribution in [3.05, 3.63) is 23.7 Å². The molecule has 106 valence electrons. The van der Waals surface area contributed by atoms with Crippen LogP contribution < -0.4 is 16.8 Å². The molecule has 1 rings (SSSR count). The van der Waals surface area contributed by atoms with Gasteiger partial charge in [0.15, 0.2) is 0 Å². The van der Waals surface area contributed by atoms with Crippen LogP contribution in [0.1, 0.15) is 25.2 Å². The number of nitrogens with one attached hydrogen (secondary N) is 2. The summed E-state index contributed by atoms with van der Waals surface area (Å²) < 4.78 is 5.08. The van der Waals surface area contributed by atoms with Gasteiger partial charge in [0.2, 0.25) is 0 Å². The highest BCUT2D eigenvalue weighted by molar-refractivity contribution is 5.50. The summed E-state index contributed by atoms with van der Waals surface area (Å²) in [5, 5.41) is 8.90. The average molecular weight is 257 g/mol. The molecule has 1 aromatic rings. The minimum absolute atomic E-state index is 0.750. The van der Waals surface area contributed by atoms with Crippen molar-refractivity contribution in [1.82, 2.24) is 5.32 Å². The summed E-state index contributed by atoms with van der Waals surface area (Å²) in [5.41, 5.74) is 10.3. The Hall–Kier alpha value is -1.82. The molecule has 0 spiro atoms. The molecule has 1 aromatic heterocycles. The predicted octanol–water partition coefficient (Wildman–Crippen LogP) is 1.49. The van der Waals surface area contributed by atoms with Crippen molar-refractivity contribution in [3.8, 4) is 0 Å². The van der Waals surface area contributed by atoms with E-state index in [4.69, 9.17) is 15.6 Å². The topological polar surface area (TPSA) is 113 Å². The van der Waals surface area contributed by atoms with Crippen LogP contribution in [0.15, 0.2) is 21.7 Å².